The molecule has 0 unspecified atom stereocenters. The van der Waals surface area contributed by atoms with Crippen LogP contribution in [-0.2, 0) is 16.2 Å². The summed E-state index contributed by atoms with van der Waals surface area (Å²) in [4.78, 5) is 4.99. The lowest BCUT2D eigenvalue weighted by Crippen LogP contribution is -2.33. The molecular weight excluding hydrogens is 805 g/mol. The lowest BCUT2D eigenvalue weighted by molar-refractivity contribution is -0.588. The van der Waals surface area contributed by atoms with Crippen molar-refractivity contribution in [3.8, 4) is 51.1 Å². The summed E-state index contributed by atoms with van der Waals surface area (Å²) in [5, 5.41) is 2.30. The molecule has 0 radical (unpaired) electrons. The zero-order chi connectivity index (χ0) is 45.8. The average Bonchev–Trinajstić information content (AvgIpc) is 3.92. The van der Waals surface area contributed by atoms with E-state index in [0.717, 1.165) is 72.9 Å². The lowest BCUT2D eigenvalue weighted by Gasteiger charge is -2.26. The zero-order valence-corrected chi connectivity index (χ0v) is 39.2. The van der Waals surface area contributed by atoms with E-state index in [0.29, 0.717) is 0 Å². The molecule has 0 amide bonds. The van der Waals surface area contributed by atoms with Gasteiger partial charge in [-0.15, -0.1) is 0 Å². The van der Waals surface area contributed by atoms with Gasteiger partial charge in [0.2, 0.25) is 0 Å². The molecule has 3 heterocycles. The summed E-state index contributed by atoms with van der Waals surface area (Å²) in [6.45, 7) is 18.3. The van der Waals surface area contributed by atoms with E-state index in [1.807, 2.05) is 6.20 Å². The molecule has 0 N–H and O–H groups in total. The summed E-state index contributed by atoms with van der Waals surface area (Å²) < 4.78 is 13.6. The fourth-order valence-electron chi connectivity index (χ4n) is 9.04. The minimum atomic E-state index is -0.225. The van der Waals surface area contributed by atoms with Crippen molar-refractivity contribution in [1.29, 1.82) is 0 Å². The maximum Gasteiger partial charge on any atom is 0.269 e. The maximum absolute atomic E-state index is 6.98. The summed E-state index contributed by atoms with van der Waals surface area (Å²) in [6, 6.07) is 64.6. The van der Waals surface area contributed by atoms with Crippen molar-refractivity contribution >= 4 is 21.8 Å². The highest BCUT2D eigenvalue weighted by atomic mass is 16.5. The third-order valence-electron chi connectivity index (χ3n) is 13.0. The Kier molecular flexibility index (Phi) is 10.6. The van der Waals surface area contributed by atoms with E-state index in [9.17, 15) is 0 Å². The Morgan fingerprint density at radius 2 is 1.11 bits per heavy atom. The Morgan fingerprint density at radius 1 is 0.485 bits per heavy atom. The van der Waals surface area contributed by atoms with E-state index < -0.39 is 0 Å². The lowest BCUT2D eigenvalue weighted by atomic mass is 9.78. The van der Waals surface area contributed by atoms with Crippen LogP contribution in [-0.4, -0.2) is 14.1 Å². The van der Waals surface area contributed by atoms with Crippen LogP contribution in [0.15, 0.2) is 194 Å². The molecule has 0 aliphatic carbocycles. The molecule has 0 atom stereocenters. The molecule has 0 saturated carbocycles. The van der Waals surface area contributed by atoms with Gasteiger partial charge in [0.15, 0.2) is 0 Å². The highest BCUT2D eigenvalue weighted by molar-refractivity contribution is 6.09. The molecule has 0 aliphatic heterocycles. The maximum atomic E-state index is 6.98. The number of hydrogen-bond donors (Lipinski definition) is 0. The van der Waals surface area contributed by atoms with Gasteiger partial charge in [0.1, 0.15) is 17.3 Å². The standard InChI is InChI=1S/C61H56N4O/c1-59(2,3)47-34-48(60(4,5)6)36-50(35-47)64-41-63(40-57(64)43-22-14-10-15-23-43)49-32-44(42-20-12-9-13-21-42)33-52(38-49)66-51-28-29-54-53-26-18-19-27-55(53)65(56(54)39-51)58-37-46(30-31-62-58)61(7,8)45-24-16-11-17-25-45/h9-40H,1-8H3. The Morgan fingerprint density at radius 3 is 1.79 bits per heavy atom. The molecule has 0 fully saturated rings. The van der Waals surface area contributed by atoms with Gasteiger partial charge in [0.05, 0.1) is 28.1 Å². The SMILES string of the molecule is CC(C)(C)c1cc(-[n+]2[c-]n(-c3cc(Oc4ccc5c6ccccc6n(-c6cc(C(C)(C)c7ccccc7)ccn6)c5c4)cc(-c4ccccc4)c3)cc2-c2ccccc2)cc(C(C)(C)C)c1. The van der Waals surface area contributed by atoms with Gasteiger partial charge in [-0.05, 0) is 110 Å². The van der Waals surface area contributed by atoms with Gasteiger partial charge in [-0.1, -0.05) is 171 Å². The normalized spacial score (nSPS) is 12.2. The first kappa shape index (κ1) is 42.5. The summed E-state index contributed by atoms with van der Waals surface area (Å²) in [6.07, 6.45) is 7.92. The third-order valence-corrected chi connectivity index (χ3v) is 13.0. The predicted molar refractivity (Wildman–Crippen MR) is 272 cm³/mol. The van der Waals surface area contributed by atoms with Crippen molar-refractivity contribution in [3.05, 3.63) is 223 Å². The number of pyridine rings is 1. The highest BCUT2D eigenvalue weighted by Crippen LogP contribution is 2.39. The van der Waals surface area contributed by atoms with Crippen LogP contribution < -0.4 is 9.30 Å². The predicted octanol–water partition coefficient (Wildman–Crippen LogP) is 15.1. The minimum absolute atomic E-state index is 0.0422. The van der Waals surface area contributed by atoms with Gasteiger partial charge in [0.25, 0.3) is 6.33 Å². The van der Waals surface area contributed by atoms with Crippen LogP contribution in [0, 0.1) is 6.33 Å². The Bertz CT molecular complexity index is 3330. The summed E-state index contributed by atoms with van der Waals surface area (Å²) >= 11 is 0. The van der Waals surface area contributed by atoms with Gasteiger partial charge in [-0.3, -0.25) is 13.7 Å². The van der Waals surface area contributed by atoms with Crippen molar-refractivity contribution in [3.63, 3.8) is 0 Å². The topological polar surface area (TPSA) is 35.9 Å². The average molecular weight is 861 g/mol. The zero-order valence-electron chi connectivity index (χ0n) is 39.2. The second-order valence-electron chi connectivity index (χ2n) is 20.1. The minimum Gasteiger partial charge on any atom is -0.458 e. The highest BCUT2D eigenvalue weighted by Gasteiger charge is 2.26. The quantitative estimate of drug-likeness (QED) is 0.107. The fraction of sp³-hybridized carbons (Fsp3) is 0.180. The monoisotopic (exact) mass is 860 g/mol. The van der Waals surface area contributed by atoms with Gasteiger partial charge in [0, 0.05) is 34.6 Å². The molecule has 7 aromatic carbocycles. The van der Waals surface area contributed by atoms with E-state index in [4.69, 9.17) is 9.72 Å². The van der Waals surface area contributed by atoms with Crippen molar-refractivity contribution in [2.75, 3.05) is 0 Å². The van der Waals surface area contributed by atoms with E-state index >= 15 is 0 Å². The van der Waals surface area contributed by atoms with Crippen molar-refractivity contribution in [2.24, 2.45) is 0 Å². The van der Waals surface area contributed by atoms with Gasteiger partial charge in [-0.2, -0.15) is 0 Å². The summed E-state index contributed by atoms with van der Waals surface area (Å²) in [5.41, 5.74) is 13.1. The number of rotatable bonds is 9. The molecule has 0 spiro atoms. The summed E-state index contributed by atoms with van der Waals surface area (Å²) in [5.74, 6) is 2.31. The third kappa shape index (κ3) is 8.11. The Balaban J connectivity index is 1.11. The molecule has 5 nitrogen and oxygen atoms in total. The Hall–Kier alpha value is -7.50. The van der Waals surface area contributed by atoms with Gasteiger partial charge in [-0.25, -0.2) is 4.98 Å². The second kappa shape index (κ2) is 16.5. The van der Waals surface area contributed by atoms with Crippen LogP contribution in [0.5, 0.6) is 11.5 Å². The first-order valence-electron chi connectivity index (χ1n) is 22.9. The van der Waals surface area contributed by atoms with Crippen molar-refractivity contribution in [2.45, 2.75) is 71.6 Å². The number of ether oxygens (including phenoxy) is 1. The molecule has 0 aliphatic rings. The van der Waals surface area contributed by atoms with Crippen LogP contribution >= 0.6 is 0 Å². The number of benzene rings is 7. The number of hydrogen-bond acceptors (Lipinski definition) is 2. The smallest absolute Gasteiger partial charge is 0.269 e. The number of nitrogens with zero attached hydrogens (tertiary/aromatic N) is 4. The first-order chi connectivity index (χ1) is 31.7. The van der Waals surface area contributed by atoms with Crippen molar-refractivity contribution in [1.82, 2.24) is 14.1 Å². The molecule has 0 bridgehead atoms. The molecule has 66 heavy (non-hydrogen) atoms. The van der Waals surface area contributed by atoms with E-state index in [1.54, 1.807) is 0 Å². The van der Waals surface area contributed by atoms with Crippen LogP contribution in [0.4, 0.5) is 0 Å². The number of imidazole rings is 1. The molecule has 10 rings (SSSR count). The molecule has 5 heteroatoms. The largest absolute Gasteiger partial charge is 0.458 e. The first-order valence-corrected chi connectivity index (χ1v) is 22.9. The van der Waals surface area contributed by atoms with Crippen LogP contribution in [0.1, 0.15) is 77.6 Å². The van der Waals surface area contributed by atoms with Crippen LogP contribution in [0.2, 0.25) is 0 Å². The van der Waals surface area contributed by atoms with E-state index in [1.165, 1.54) is 22.3 Å². The molecule has 10 aromatic rings. The second-order valence-corrected chi connectivity index (χ2v) is 20.1. The number of fused-ring (bicyclic) bond motifs is 3. The van der Waals surface area contributed by atoms with E-state index in [-0.39, 0.29) is 16.2 Å². The fourth-order valence-corrected chi connectivity index (χ4v) is 9.04. The van der Waals surface area contributed by atoms with Crippen molar-refractivity contribution < 1.29 is 9.30 Å². The Labute approximate surface area is 389 Å². The van der Waals surface area contributed by atoms with Crippen LogP contribution in [0.25, 0.3) is 61.4 Å². The van der Waals surface area contributed by atoms with E-state index in [2.05, 4.69) is 264 Å². The van der Waals surface area contributed by atoms with Crippen LogP contribution in [0.3, 0.4) is 0 Å². The summed E-state index contributed by atoms with van der Waals surface area (Å²) in [7, 11) is 0. The molecule has 326 valence electrons. The molecule has 3 aromatic heterocycles. The number of aromatic nitrogens is 4. The molecular formula is C61H56N4O. The molecule has 0 saturated heterocycles. The van der Waals surface area contributed by atoms with Gasteiger partial charge >= 0.3 is 0 Å². The van der Waals surface area contributed by atoms with Gasteiger partial charge < -0.3 is 4.74 Å². The number of para-hydroxylation sites is 1.